The number of esters is 2. The summed E-state index contributed by atoms with van der Waals surface area (Å²) in [5.41, 5.74) is 1.95. The quantitative estimate of drug-likeness (QED) is 0.170. The number of carbonyl (C=O) groups is 2. The van der Waals surface area contributed by atoms with Crippen LogP contribution in [0.3, 0.4) is 0 Å². The molecule has 0 atom stereocenters. The van der Waals surface area contributed by atoms with Crippen LogP contribution in [-0.2, 0) is 9.53 Å². The van der Waals surface area contributed by atoms with Crippen molar-refractivity contribution in [1.29, 1.82) is 0 Å². The maximum absolute atomic E-state index is 12.9. The molecule has 0 aliphatic heterocycles. The SMILES string of the molecule is CCOC(=O)/C=C/c1ccc(OC(=O)c2ccc(OCCCC(F)(F)F)cc2C2CCC2)cc1. The first-order valence-corrected chi connectivity index (χ1v) is 11.3. The lowest BCUT2D eigenvalue weighted by Gasteiger charge is -2.28. The Morgan fingerprint density at radius 1 is 1.06 bits per heavy atom. The molecule has 0 N–H and O–H groups in total. The van der Waals surface area contributed by atoms with E-state index in [0.29, 0.717) is 23.7 Å². The number of alkyl halides is 3. The monoisotopic (exact) mass is 476 g/mol. The summed E-state index contributed by atoms with van der Waals surface area (Å²) < 4.78 is 52.8. The van der Waals surface area contributed by atoms with Crippen LogP contribution in [0.4, 0.5) is 13.2 Å². The van der Waals surface area contributed by atoms with Crippen LogP contribution in [0.2, 0.25) is 0 Å². The summed E-state index contributed by atoms with van der Waals surface area (Å²) in [4.78, 5) is 24.3. The molecule has 0 heterocycles. The molecule has 0 saturated heterocycles. The van der Waals surface area contributed by atoms with Crippen LogP contribution < -0.4 is 9.47 Å². The van der Waals surface area contributed by atoms with Crippen molar-refractivity contribution in [2.75, 3.05) is 13.2 Å². The molecule has 8 heteroatoms. The van der Waals surface area contributed by atoms with Gasteiger partial charge >= 0.3 is 18.1 Å². The first-order chi connectivity index (χ1) is 16.2. The lowest BCUT2D eigenvalue weighted by molar-refractivity contribution is -0.137. The van der Waals surface area contributed by atoms with Crippen LogP contribution in [0, 0.1) is 0 Å². The summed E-state index contributed by atoms with van der Waals surface area (Å²) in [6.07, 6.45) is 0.605. The molecule has 0 unspecified atom stereocenters. The van der Waals surface area contributed by atoms with Crippen LogP contribution in [0.5, 0.6) is 11.5 Å². The van der Waals surface area contributed by atoms with E-state index in [9.17, 15) is 22.8 Å². The van der Waals surface area contributed by atoms with Gasteiger partial charge in [0.1, 0.15) is 11.5 Å². The fraction of sp³-hybridized carbons (Fsp3) is 0.385. The molecule has 3 rings (SSSR count). The number of hydrogen-bond acceptors (Lipinski definition) is 5. The maximum Gasteiger partial charge on any atom is 0.389 e. The molecule has 34 heavy (non-hydrogen) atoms. The Kier molecular flexibility index (Phi) is 8.73. The van der Waals surface area contributed by atoms with Gasteiger partial charge in [0.05, 0.1) is 18.8 Å². The molecule has 0 aromatic heterocycles. The van der Waals surface area contributed by atoms with Crippen molar-refractivity contribution in [3.05, 3.63) is 65.2 Å². The number of ether oxygens (including phenoxy) is 3. The minimum Gasteiger partial charge on any atom is -0.494 e. The second-order valence-corrected chi connectivity index (χ2v) is 7.99. The highest BCUT2D eigenvalue weighted by Crippen LogP contribution is 2.39. The van der Waals surface area contributed by atoms with E-state index < -0.39 is 24.5 Å². The second kappa shape index (κ2) is 11.7. The fourth-order valence-electron chi connectivity index (χ4n) is 3.50. The van der Waals surface area contributed by atoms with Gasteiger partial charge in [0, 0.05) is 12.5 Å². The molecule has 182 valence electrons. The number of rotatable bonds is 10. The summed E-state index contributed by atoms with van der Waals surface area (Å²) in [7, 11) is 0. The summed E-state index contributed by atoms with van der Waals surface area (Å²) in [6.45, 7) is 1.97. The number of carbonyl (C=O) groups excluding carboxylic acids is 2. The van der Waals surface area contributed by atoms with Crippen LogP contribution in [0.1, 0.15) is 66.4 Å². The normalized spacial score (nSPS) is 14.0. The van der Waals surface area contributed by atoms with Crippen molar-refractivity contribution >= 4 is 18.0 Å². The van der Waals surface area contributed by atoms with E-state index in [4.69, 9.17) is 14.2 Å². The molecule has 2 aromatic rings. The predicted molar refractivity (Wildman–Crippen MR) is 121 cm³/mol. The first kappa shape index (κ1) is 25.3. The van der Waals surface area contributed by atoms with Crippen molar-refractivity contribution in [3.63, 3.8) is 0 Å². The van der Waals surface area contributed by atoms with Crippen molar-refractivity contribution in [3.8, 4) is 11.5 Å². The third kappa shape index (κ3) is 7.64. The molecule has 0 amide bonds. The van der Waals surface area contributed by atoms with E-state index in [-0.39, 0.29) is 18.9 Å². The topological polar surface area (TPSA) is 61.8 Å². The minimum absolute atomic E-state index is 0.0512. The van der Waals surface area contributed by atoms with Gasteiger partial charge in [-0.05, 0) is 79.6 Å². The molecular weight excluding hydrogens is 449 g/mol. The molecular formula is C26H27F3O5. The van der Waals surface area contributed by atoms with Gasteiger partial charge in [-0.1, -0.05) is 18.6 Å². The summed E-state index contributed by atoms with van der Waals surface area (Å²) in [6, 6.07) is 11.6. The third-order valence-electron chi connectivity index (χ3n) is 5.45. The fourth-order valence-corrected chi connectivity index (χ4v) is 3.50. The predicted octanol–water partition coefficient (Wildman–Crippen LogP) is 6.47. The van der Waals surface area contributed by atoms with Crippen molar-refractivity contribution in [2.45, 2.75) is 51.1 Å². The van der Waals surface area contributed by atoms with Crippen molar-refractivity contribution in [1.82, 2.24) is 0 Å². The molecule has 1 aliphatic carbocycles. The van der Waals surface area contributed by atoms with Crippen molar-refractivity contribution < 1.29 is 37.0 Å². The maximum atomic E-state index is 12.9. The Balaban J connectivity index is 1.64. The Morgan fingerprint density at radius 3 is 2.38 bits per heavy atom. The molecule has 1 saturated carbocycles. The molecule has 5 nitrogen and oxygen atoms in total. The van der Waals surface area contributed by atoms with Gasteiger partial charge in [-0.25, -0.2) is 9.59 Å². The second-order valence-electron chi connectivity index (χ2n) is 7.99. The average molecular weight is 476 g/mol. The zero-order chi connectivity index (χ0) is 24.6. The standard InChI is InChI=1S/C26H27F3O5/c1-2-32-24(30)14-9-18-7-10-20(11-8-18)34-25(31)22-13-12-21(17-23(22)19-5-3-6-19)33-16-4-15-26(27,28)29/h7-14,17,19H,2-6,15-16H2,1H3/b14-9+. The molecule has 2 aromatic carbocycles. The van der Waals surface area contributed by atoms with Crippen LogP contribution >= 0.6 is 0 Å². The van der Waals surface area contributed by atoms with Crippen LogP contribution in [-0.4, -0.2) is 31.3 Å². The summed E-state index contributed by atoms with van der Waals surface area (Å²) in [5.74, 6) is 0.0370. The third-order valence-corrected chi connectivity index (χ3v) is 5.45. The highest BCUT2D eigenvalue weighted by Gasteiger charge is 2.27. The first-order valence-electron chi connectivity index (χ1n) is 11.3. The van der Waals surface area contributed by atoms with Gasteiger partial charge in [0.2, 0.25) is 0 Å². The van der Waals surface area contributed by atoms with E-state index in [1.54, 1.807) is 55.5 Å². The molecule has 0 radical (unpaired) electrons. The molecule has 1 aliphatic rings. The van der Waals surface area contributed by atoms with E-state index >= 15 is 0 Å². The smallest absolute Gasteiger partial charge is 0.389 e. The van der Waals surface area contributed by atoms with Crippen LogP contribution in [0.15, 0.2) is 48.5 Å². The van der Waals surface area contributed by atoms with E-state index in [0.717, 1.165) is 30.4 Å². The summed E-state index contributed by atoms with van der Waals surface area (Å²) in [5, 5.41) is 0. The van der Waals surface area contributed by atoms with E-state index in [1.165, 1.54) is 6.08 Å². The van der Waals surface area contributed by atoms with Gasteiger partial charge in [0.25, 0.3) is 0 Å². The Hall–Kier alpha value is -3.29. The summed E-state index contributed by atoms with van der Waals surface area (Å²) >= 11 is 0. The largest absolute Gasteiger partial charge is 0.494 e. The lowest BCUT2D eigenvalue weighted by atomic mass is 9.78. The van der Waals surface area contributed by atoms with E-state index in [1.807, 2.05) is 0 Å². The van der Waals surface area contributed by atoms with Gasteiger partial charge in [0.15, 0.2) is 0 Å². The van der Waals surface area contributed by atoms with Gasteiger partial charge < -0.3 is 14.2 Å². The van der Waals surface area contributed by atoms with Gasteiger partial charge in [-0.3, -0.25) is 0 Å². The Labute approximate surface area is 196 Å². The van der Waals surface area contributed by atoms with Gasteiger partial charge in [-0.2, -0.15) is 13.2 Å². The average Bonchev–Trinajstić information content (AvgIpc) is 2.75. The number of benzene rings is 2. The zero-order valence-corrected chi connectivity index (χ0v) is 18.9. The van der Waals surface area contributed by atoms with E-state index in [2.05, 4.69) is 0 Å². The molecule has 0 spiro atoms. The highest BCUT2D eigenvalue weighted by atomic mass is 19.4. The Bertz CT molecular complexity index is 1010. The lowest BCUT2D eigenvalue weighted by Crippen LogP contribution is -2.17. The van der Waals surface area contributed by atoms with Crippen molar-refractivity contribution in [2.24, 2.45) is 0 Å². The number of halogens is 3. The van der Waals surface area contributed by atoms with Crippen LogP contribution in [0.25, 0.3) is 6.08 Å². The zero-order valence-electron chi connectivity index (χ0n) is 18.9. The Morgan fingerprint density at radius 2 is 1.76 bits per heavy atom. The molecule has 0 bridgehead atoms. The highest BCUT2D eigenvalue weighted by molar-refractivity contribution is 5.93. The number of hydrogen-bond donors (Lipinski definition) is 0. The van der Waals surface area contributed by atoms with Gasteiger partial charge in [-0.15, -0.1) is 0 Å². The minimum atomic E-state index is -4.20. The molecule has 1 fully saturated rings.